The third-order valence-electron chi connectivity index (χ3n) is 4.03. The summed E-state index contributed by atoms with van der Waals surface area (Å²) in [5.74, 6) is -0.169. The molecule has 146 valence electrons. The van der Waals surface area contributed by atoms with Gasteiger partial charge in [-0.1, -0.05) is 41.0 Å². The SMILES string of the molecule is CC(C)S(=O)(=O)c1ccc(Cc2nnc(NC(=O)c3ccccc3Cl)o2)cc1. The van der Waals surface area contributed by atoms with Crippen LogP contribution in [0.25, 0.3) is 0 Å². The second-order valence-electron chi connectivity index (χ2n) is 6.35. The number of hydrogen-bond acceptors (Lipinski definition) is 6. The molecule has 0 fully saturated rings. The molecule has 3 rings (SSSR count). The summed E-state index contributed by atoms with van der Waals surface area (Å²) >= 11 is 5.99. The predicted octanol–water partition coefficient (Wildman–Crippen LogP) is 3.75. The van der Waals surface area contributed by atoms with Gasteiger partial charge in [0, 0.05) is 0 Å². The standard InChI is InChI=1S/C19H18ClN3O4S/c1-12(2)28(25,26)14-9-7-13(8-10-14)11-17-22-23-19(27-17)21-18(24)15-5-3-4-6-16(15)20/h3-10,12H,11H2,1-2H3,(H,21,23,24). The Bertz CT molecular complexity index is 1090. The Morgan fingerprint density at radius 1 is 1.11 bits per heavy atom. The molecule has 0 saturated heterocycles. The Morgan fingerprint density at radius 3 is 2.43 bits per heavy atom. The number of anilines is 1. The van der Waals surface area contributed by atoms with Crippen molar-refractivity contribution in [1.29, 1.82) is 0 Å². The van der Waals surface area contributed by atoms with Gasteiger partial charge in [-0.2, -0.15) is 0 Å². The number of nitrogens with one attached hydrogen (secondary N) is 1. The van der Waals surface area contributed by atoms with Crippen molar-refractivity contribution >= 4 is 33.4 Å². The van der Waals surface area contributed by atoms with Gasteiger partial charge in [0.1, 0.15) is 0 Å². The largest absolute Gasteiger partial charge is 0.407 e. The van der Waals surface area contributed by atoms with Gasteiger partial charge in [0.2, 0.25) is 5.89 Å². The Labute approximate surface area is 167 Å². The van der Waals surface area contributed by atoms with Crippen LogP contribution >= 0.6 is 11.6 Å². The van der Waals surface area contributed by atoms with Crippen LogP contribution in [-0.2, 0) is 16.3 Å². The molecule has 0 bridgehead atoms. The maximum absolute atomic E-state index is 12.2. The summed E-state index contributed by atoms with van der Waals surface area (Å²) in [5, 5.41) is 10.0. The van der Waals surface area contributed by atoms with Crippen molar-refractivity contribution in [3.8, 4) is 0 Å². The van der Waals surface area contributed by atoms with Crippen LogP contribution in [-0.4, -0.2) is 29.8 Å². The van der Waals surface area contributed by atoms with Gasteiger partial charge in [-0.15, -0.1) is 5.10 Å². The molecule has 0 saturated carbocycles. The van der Waals surface area contributed by atoms with E-state index in [0.29, 0.717) is 17.0 Å². The topological polar surface area (TPSA) is 102 Å². The molecule has 0 spiro atoms. The number of benzene rings is 2. The number of carbonyl (C=O) groups excluding carboxylic acids is 1. The van der Waals surface area contributed by atoms with E-state index >= 15 is 0 Å². The highest BCUT2D eigenvalue weighted by Crippen LogP contribution is 2.19. The Kier molecular flexibility index (Phi) is 5.81. The number of aromatic nitrogens is 2. The van der Waals surface area contributed by atoms with Gasteiger partial charge < -0.3 is 4.42 Å². The van der Waals surface area contributed by atoms with E-state index in [4.69, 9.17) is 16.0 Å². The number of hydrogen-bond donors (Lipinski definition) is 1. The second kappa shape index (κ2) is 8.12. The smallest absolute Gasteiger partial charge is 0.322 e. The molecule has 1 aromatic heterocycles. The lowest BCUT2D eigenvalue weighted by Gasteiger charge is -2.08. The molecule has 0 aliphatic rings. The summed E-state index contributed by atoms with van der Waals surface area (Å²) in [6, 6.07) is 13.1. The third kappa shape index (κ3) is 4.40. The molecular weight excluding hydrogens is 402 g/mol. The predicted molar refractivity (Wildman–Crippen MR) is 105 cm³/mol. The first kappa shape index (κ1) is 20.0. The molecular formula is C19H18ClN3O4S. The maximum atomic E-state index is 12.2. The Morgan fingerprint density at radius 2 is 1.79 bits per heavy atom. The van der Waals surface area contributed by atoms with Crippen LogP contribution in [0.5, 0.6) is 0 Å². The van der Waals surface area contributed by atoms with Crippen LogP contribution in [0.1, 0.15) is 35.7 Å². The zero-order valence-corrected chi connectivity index (χ0v) is 16.8. The lowest BCUT2D eigenvalue weighted by atomic mass is 10.1. The number of halogens is 1. The van der Waals surface area contributed by atoms with Gasteiger partial charge in [0.25, 0.3) is 5.91 Å². The maximum Gasteiger partial charge on any atom is 0.322 e. The first-order valence-corrected chi connectivity index (χ1v) is 10.4. The van der Waals surface area contributed by atoms with Crippen LogP contribution in [0, 0.1) is 0 Å². The Balaban J connectivity index is 1.68. The number of nitrogens with zero attached hydrogens (tertiary/aromatic N) is 2. The molecule has 1 amide bonds. The first-order valence-electron chi connectivity index (χ1n) is 8.48. The molecule has 0 unspecified atom stereocenters. The lowest BCUT2D eigenvalue weighted by Crippen LogP contribution is -2.13. The average Bonchev–Trinajstić information content (AvgIpc) is 3.09. The van der Waals surface area contributed by atoms with Crippen molar-refractivity contribution in [3.05, 3.63) is 70.6 Å². The van der Waals surface area contributed by atoms with Crippen molar-refractivity contribution in [2.45, 2.75) is 30.4 Å². The van der Waals surface area contributed by atoms with E-state index in [1.54, 1.807) is 62.4 Å². The minimum absolute atomic E-state index is 0.0427. The van der Waals surface area contributed by atoms with Crippen molar-refractivity contribution in [2.75, 3.05) is 5.32 Å². The summed E-state index contributed by atoms with van der Waals surface area (Å²) in [6.45, 7) is 3.28. The van der Waals surface area contributed by atoms with E-state index < -0.39 is 21.0 Å². The van der Waals surface area contributed by atoms with Crippen LogP contribution in [0.3, 0.4) is 0 Å². The molecule has 1 heterocycles. The lowest BCUT2D eigenvalue weighted by molar-refractivity contribution is 0.102. The molecule has 1 N–H and O–H groups in total. The van der Waals surface area contributed by atoms with E-state index in [1.807, 2.05) is 0 Å². The highest BCUT2D eigenvalue weighted by Gasteiger charge is 2.19. The normalized spacial score (nSPS) is 11.6. The quantitative estimate of drug-likeness (QED) is 0.652. The minimum Gasteiger partial charge on any atom is -0.407 e. The molecule has 7 nitrogen and oxygen atoms in total. The molecule has 0 aliphatic heterocycles. The summed E-state index contributed by atoms with van der Waals surface area (Å²) in [6.07, 6.45) is 0.303. The molecule has 0 aliphatic carbocycles. The number of sulfone groups is 1. The van der Waals surface area contributed by atoms with Gasteiger partial charge in [-0.25, -0.2) is 8.42 Å². The molecule has 9 heteroatoms. The van der Waals surface area contributed by atoms with Gasteiger partial charge >= 0.3 is 6.01 Å². The van der Waals surface area contributed by atoms with E-state index in [1.165, 1.54) is 0 Å². The van der Waals surface area contributed by atoms with E-state index in [0.717, 1.165) is 5.56 Å². The summed E-state index contributed by atoms with van der Waals surface area (Å²) in [7, 11) is -3.32. The fraction of sp³-hybridized carbons (Fsp3) is 0.211. The molecule has 2 aromatic carbocycles. The molecule has 3 aromatic rings. The highest BCUT2D eigenvalue weighted by atomic mass is 35.5. The van der Waals surface area contributed by atoms with E-state index in [2.05, 4.69) is 15.5 Å². The van der Waals surface area contributed by atoms with Crippen molar-refractivity contribution < 1.29 is 17.6 Å². The fourth-order valence-corrected chi connectivity index (χ4v) is 3.71. The van der Waals surface area contributed by atoms with Gasteiger partial charge in [-0.05, 0) is 43.7 Å². The van der Waals surface area contributed by atoms with Crippen LogP contribution in [0.2, 0.25) is 5.02 Å². The zero-order valence-electron chi connectivity index (χ0n) is 15.2. The first-order chi connectivity index (χ1) is 13.3. The molecule has 0 atom stereocenters. The van der Waals surface area contributed by atoms with Crippen LogP contribution < -0.4 is 5.32 Å². The number of carbonyl (C=O) groups is 1. The van der Waals surface area contributed by atoms with Crippen LogP contribution in [0.15, 0.2) is 57.8 Å². The minimum atomic E-state index is -3.32. The van der Waals surface area contributed by atoms with E-state index in [9.17, 15) is 13.2 Å². The van der Waals surface area contributed by atoms with Gasteiger partial charge in [0.15, 0.2) is 9.84 Å². The van der Waals surface area contributed by atoms with Gasteiger partial charge in [-0.3, -0.25) is 10.1 Å². The molecule has 0 radical (unpaired) electrons. The molecule has 28 heavy (non-hydrogen) atoms. The zero-order chi connectivity index (χ0) is 20.3. The monoisotopic (exact) mass is 419 g/mol. The highest BCUT2D eigenvalue weighted by molar-refractivity contribution is 7.92. The average molecular weight is 420 g/mol. The van der Waals surface area contributed by atoms with Crippen molar-refractivity contribution in [3.63, 3.8) is 0 Å². The number of rotatable bonds is 6. The van der Waals surface area contributed by atoms with Crippen LogP contribution in [0.4, 0.5) is 6.01 Å². The third-order valence-corrected chi connectivity index (χ3v) is 6.53. The summed E-state index contributed by atoms with van der Waals surface area (Å²) in [5.41, 5.74) is 1.10. The van der Waals surface area contributed by atoms with Crippen molar-refractivity contribution in [2.24, 2.45) is 0 Å². The summed E-state index contributed by atoms with van der Waals surface area (Å²) in [4.78, 5) is 12.5. The Hall–Kier alpha value is -2.71. The van der Waals surface area contributed by atoms with Crippen molar-refractivity contribution in [1.82, 2.24) is 10.2 Å². The van der Waals surface area contributed by atoms with Gasteiger partial charge in [0.05, 0.1) is 27.2 Å². The second-order valence-corrected chi connectivity index (χ2v) is 9.26. The number of amides is 1. The van der Waals surface area contributed by atoms with E-state index in [-0.39, 0.29) is 16.8 Å². The fourth-order valence-electron chi connectivity index (χ4n) is 2.43. The summed E-state index contributed by atoms with van der Waals surface area (Å²) < 4.78 is 29.8.